The third kappa shape index (κ3) is 3.76. The van der Waals surface area contributed by atoms with Gasteiger partial charge >= 0.3 is 0 Å². The van der Waals surface area contributed by atoms with Crippen molar-refractivity contribution in [3.8, 4) is 0 Å². The van der Waals surface area contributed by atoms with Gasteiger partial charge < -0.3 is 9.80 Å². The average Bonchev–Trinajstić information content (AvgIpc) is 2.61. The molecule has 0 unspecified atom stereocenters. The number of pyridine rings is 2. The lowest BCUT2D eigenvalue weighted by molar-refractivity contribution is -0.128. The Morgan fingerprint density at radius 1 is 1.00 bits per heavy atom. The number of hydrogen-bond acceptors (Lipinski definition) is 5. The summed E-state index contributed by atoms with van der Waals surface area (Å²) >= 11 is 1.49. The summed E-state index contributed by atoms with van der Waals surface area (Å²) in [4.78, 5) is 25.0. The highest BCUT2D eigenvalue weighted by molar-refractivity contribution is 7.99. The van der Waals surface area contributed by atoms with Crippen LogP contribution in [-0.4, -0.2) is 52.7 Å². The van der Waals surface area contributed by atoms with Crippen LogP contribution in [0.3, 0.4) is 0 Å². The molecule has 0 N–H and O–H groups in total. The zero-order valence-electron chi connectivity index (χ0n) is 12.3. The highest BCUT2D eigenvalue weighted by Gasteiger charge is 2.21. The van der Waals surface area contributed by atoms with Gasteiger partial charge in [0.15, 0.2) is 0 Å². The summed E-state index contributed by atoms with van der Waals surface area (Å²) in [6.07, 6.45) is 3.55. The maximum Gasteiger partial charge on any atom is 0.233 e. The van der Waals surface area contributed by atoms with Gasteiger partial charge in [-0.1, -0.05) is 23.9 Å². The minimum absolute atomic E-state index is 0.177. The Bertz CT molecular complexity index is 600. The summed E-state index contributed by atoms with van der Waals surface area (Å²) in [5, 5.41) is 0.892. The fourth-order valence-electron chi connectivity index (χ4n) is 2.39. The van der Waals surface area contributed by atoms with Crippen molar-refractivity contribution < 1.29 is 4.79 Å². The quantitative estimate of drug-likeness (QED) is 0.807. The maximum atomic E-state index is 12.3. The second kappa shape index (κ2) is 7.26. The van der Waals surface area contributed by atoms with Gasteiger partial charge in [-0.3, -0.25) is 4.79 Å². The van der Waals surface area contributed by atoms with Crippen LogP contribution in [-0.2, 0) is 4.79 Å². The average molecular weight is 314 g/mol. The number of hydrogen-bond donors (Lipinski definition) is 0. The topological polar surface area (TPSA) is 49.3 Å². The molecular formula is C16H18N4OS. The van der Waals surface area contributed by atoms with E-state index in [9.17, 15) is 4.79 Å². The van der Waals surface area contributed by atoms with Crippen LogP contribution in [0.2, 0.25) is 0 Å². The number of thioether (sulfide) groups is 1. The van der Waals surface area contributed by atoms with Crippen LogP contribution in [0, 0.1) is 0 Å². The number of carbonyl (C=O) groups excluding carboxylic acids is 1. The standard InChI is InChI=1S/C16H18N4OS/c21-16(13-22-15-6-2-4-8-18-15)20-11-9-19(10-12-20)14-5-1-3-7-17-14/h1-8H,9-13H2. The molecule has 22 heavy (non-hydrogen) atoms. The van der Waals surface area contributed by atoms with Crippen LogP contribution >= 0.6 is 11.8 Å². The summed E-state index contributed by atoms with van der Waals surface area (Å²) in [5.74, 6) is 1.61. The molecule has 1 saturated heterocycles. The van der Waals surface area contributed by atoms with Gasteiger partial charge in [-0.2, -0.15) is 0 Å². The van der Waals surface area contributed by atoms with Gasteiger partial charge in [0.2, 0.25) is 5.91 Å². The number of piperazine rings is 1. The van der Waals surface area contributed by atoms with Gasteiger partial charge in [0.1, 0.15) is 5.82 Å². The van der Waals surface area contributed by atoms with E-state index in [1.807, 2.05) is 41.3 Å². The van der Waals surface area contributed by atoms with Crippen LogP contribution in [0.15, 0.2) is 53.8 Å². The highest BCUT2D eigenvalue weighted by atomic mass is 32.2. The Kier molecular flexibility index (Phi) is 4.90. The molecule has 5 nitrogen and oxygen atoms in total. The third-order valence-corrected chi connectivity index (χ3v) is 4.52. The van der Waals surface area contributed by atoms with Crippen LogP contribution in [0.25, 0.3) is 0 Å². The van der Waals surface area contributed by atoms with E-state index < -0.39 is 0 Å². The molecule has 0 bridgehead atoms. The molecule has 1 fully saturated rings. The Hall–Kier alpha value is -2.08. The maximum absolute atomic E-state index is 12.3. The summed E-state index contributed by atoms with van der Waals surface area (Å²) in [6, 6.07) is 11.7. The smallest absolute Gasteiger partial charge is 0.233 e. The monoisotopic (exact) mass is 314 g/mol. The molecular weight excluding hydrogens is 296 g/mol. The van der Waals surface area contributed by atoms with Crippen LogP contribution in [0.5, 0.6) is 0 Å². The Labute approximate surface area is 134 Å². The molecule has 1 aliphatic heterocycles. The predicted molar refractivity (Wildman–Crippen MR) is 88.0 cm³/mol. The van der Waals surface area contributed by atoms with Crippen molar-refractivity contribution in [3.05, 3.63) is 48.8 Å². The molecule has 1 aliphatic rings. The SMILES string of the molecule is O=C(CSc1ccccn1)N1CCN(c2ccccn2)CC1. The fourth-order valence-corrected chi connectivity index (χ4v) is 3.15. The van der Waals surface area contributed by atoms with Gasteiger partial charge in [-0.25, -0.2) is 9.97 Å². The largest absolute Gasteiger partial charge is 0.353 e. The number of carbonyl (C=O) groups is 1. The number of aromatic nitrogens is 2. The number of rotatable bonds is 4. The first-order valence-electron chi connectivity index (χ1n) is 7.30. The zero-order valence-corrected chi connectivity index (χ0v) is 13.1. The number of amides is 1. The molecule has 3 heterocycles. The van der Waals surface area contributed by atoms with Crippen molar-refractivity contribution in [2.45, 2.75) is 5.03 Å². The molecule has 0 aromatic carbocycles. The van der Waals surface area contributed by atoms with E-state index in [1.165, 1.54) is 11.8 Å². The lowest BCUT2D eigenvalue weighted by Crippen LogP contribution is -2.49. The van der Waals surface area contributed by atoms with Crippen molar-refractivity contribution in [2.24, 2.45) is 0 Å². The molecule has 1 amide bonds. The first-order chi connectivity index (χ1) is 10.8. The molecule has 0 atom stereocenters. The lowest BCUT2D eigenvalue weighted by atomic mass is 10.3. The summed E-state index contributed by atoms with van der Waals surface area (Å²) < 4.78 is 0. The summed E-state index contributed by atoms with van der Waals surface area (Å²) in [7, 11) is 0. The van der Waals surface area contributed by atoms with E-state index in [4.69, 9.17) is 0 Å². The second-order valence-electron chi connectivity index (χ2n) is 5.01. The van der Waals surface area contributed by atoms with E-state index in [-0.39, 0.29) is 5.91 Å². The van der Waals surface area contributed by atoms with E-state index in [2.05, 4.69) is 14.9 Å². The normalized spacial score (nSPS) is 14.9. The van der Waals surface area contributed by atoms with Gasteiger partial charge in [0.25, 0.3) is 0 Å². The van der Waals surface area contributed by atoms with Crippen molar-refractivity contribution in [3.63, 3.8) is 0 Å². The number of anilines is 1. The first kappa shape index (κ1) is 14.8. The molecule has 6 heteroatoms. The number of nitrogens with zero attached hydrogens (tertiary/aromatic N) is 4. The van der Waals surface area contributed by atoms with Gasteiger partial charge in [0.05, 0.1) is 10.8 Å². The zero-order chi connectivity index (χ0) is 15.2. The first-order valence-corrected chi connectivity index (χ1v) is 8.29. The molecule has 114 valence electrons. The minimum Gasteiger partial charge on any atom is -0.353 e. The van der Waals surface area contributed by atoms with Gasteiger partial charge in [-0.05, 0) is 24.3 Å². The molecule has 0 spiro atoms. The van der Waals surface area contributed by atoms with Crippen molar-refractivity contribution in [2.75, 3.05) is 36.8 Å². The molecule has 0 aliphatic carbocycles. The van der Waals surface area contributed by atoms with E-state index in [0.717, 1.165) is 37.0 Å². The Balaban J connectivity index is 1.48. The molecule has 0 saturated carbocycles. The fraction of sp³-hybridized carbons (Fsp3) is 0.312. The van der Waals surface area contributed by atoms with E-state index in [0.29, 0.717) is 5.75 Å². The molecule has 2 aromatic heterocycles. The van der Waals surface area contributed by atoms with Crippen LogP contribution in [0.4, 0.5) is 5.82 Å². The van der Waals surface area contributed by atoms with E-state index >= 15 is 0 Å². The predicted octanol–water partition coefficient (Wildman–Crippen LogP) is 1.92. The van der Waals surface area contributed by atoms with Crippen molar-refractivity contribution >= 4 is 23.5 Å². The second-order valence-corrected chi connectivity index (χ2v) is 6.01. The molecule has 2 aromatic rings. The van der Waals surface area contributed by atoms with Crippen molar-refractivity contribution in [1.29, 1.82) is 0 Å². The van der Waals surface area contributed by atoms with E-state index in [1.54, 1.807) is 12.4 Å². The molecule has 3 rings (SSSR count). The van der Waals surface area contributed by atoms with Crippen LogP contribution < -0.4 is 4.90 Å². The summed E-state index contributed by atoms with van der Waals surface area (Å²) in [5.41, 5.74) is 0. The Morgan fingerprint density at radius 3 is 2.36 bits per heavy atom. The molecule has 0 radical (unpaired) electrons. The minimum atomic E-state index is 0.177. The summed E-state index contributed by atoms with van der Waals surface area (Å²) in [6.45, 7) is 3.16. The van der Waals surface area contributed by atoms with Gasteiger partial charge in [-0.15, -0.1) is 0 Å². The van der Waals surface area contributed by atoms with Crippen molar-refractivity contribution in [1.82, 2.24) is 14.9 Å². The highest BCUT2D eigenvalue weighted by Crippen LogP contribution is 2.16. The lowest BCUT2D eigenvalue weighted by Gasteiger charge is -2.35. The third-order valence-electron chi connectivity index (χ3n) is 3.59. The van der Waals surface area contributed by atoms with Gasteiger partial charge in [0, 0.05) is 38.6 Å². The van der Waals surface area contributed by atoms with Crippen LogP contribution in [0.1, 0.15) is 0 Å². The Morgan fingerprint density at radius 2 is 1.73 bits per heavy atom.